The zero-order valence-corrected chi connectivity index (χ0v) is 19.0. The Morgan fingerprint density at radius 2 is 1.67 bits per heavy atom. The van der Waals surface area contributed by atoms with Crippen molar-refractivity contribution in [2.24, 2.45) is 5.92 Å². The van der Waals surface area contributed by atoms with Gasteiger partial charge in [-0.25, -0.2) is 0 Å². The Bertz CT molecular complexity index is 1070. The van der Waals surface area contributed by atoms with Crippen LogP contribution in [0.1, 0.15) is 68.7 Å². The van der Waals surface area contributed by atoms with Crippen LogP contribution < -0.4 is 0 Å². The van der Waals surface area contributed by atoms with Crippen molar-refractivity contribution in [1.29, 1.82) is 0 Å². The molecule has 1 fully saturated rings. The summed E-state index contributed by atoms with van der Waals surface area (Å²) in [7, 11) is 1.44. The highest BCUT2D eigenvalue weighted by Gasteiger charge is 2.35. The normalized spacial score (nSPS) is 17.2. The minimum Gasteiger partial charge on any atom is -0.466 e. The molecule has 33 heavy (non-hydrogen) atoms. The van der Waals surface area contributed by atoms with E-state index in [1.165, 1.54) is 13.1 Å². The molecule has 7 nitrogen and oxygen atoms in total. The molecule has 4 rings (SSSR count). The number of fused-ring (bicyclic) bond motifs is 1. The summed E-state index contributed by atoms with van der Waals surface area (Å²) in [6.45, 7) is 3.30. The van der Waals surface area contributed by atoms with Crippen LogP contribution in [0.3, 0.4) is 0 Å². The van der Waals surface area contributed by atoms with Crippen molar-refractivity contribution in [2.75, 3.05) is 26.7 Å². The summed E-state index contributed by atoms with van der Waals surface area (Å²) < 4.78 is 5.20. The van der Waals surface area contributed by atoms with Crippen molar-refractivity contribution >= 4 is 23.7 Å². The van der Waals surface area contributed by atoms with E-state index in [0.29, 0.717) is 37.2 Å². The molecule has 2 heterocycles. The van der Waals surface area contributed by atoms with Crippen LogP contribution in [0.5, 0.6) is 0 Å². The number of ether oxygens (including phenoxy) is 1. The molecule has 2 aliphatic heterocycles. The summed E-state index contributed by atoms with van der Waals surface area (Å²) in [5.74, 6) is -0.772. The minimum absolute atomic E-state index is 0.0432. The Hall–Kier alpha value is -3.48. The van der Waals surface area contributed by atoms with Crippen LogP contribution in [-0.4, -0.2) is 60.2 Å². The molecule has 0 spiro atoms. The largest absolute Gasteiger partial charge is 0.466 e. The molecular weight excluding hydrogens is 420 g/mol. The molecule has 172 valence electrons. The van der Waals surface area contributed by atoms with Gasteiger partial charge in [0.1, 0.15) is 0 Å². The van der Waals surface area contributed by atoms with E-state index in [-0.39, 0.29) is 41.1 Å². The number of benzene rings is 2. The fraction of sp³-hybridized carbons (Fsp3) is 0.385. The lowest BCUT2D eigenvalue weighted by Gasteiger charge is -2.36. The molecule has 7 heteroatoms. The molecule has 1 unspecified atom stereocenters. The number of hydrogen-bond acceptors (Lipinski definition) is 5. The van der Waals surface area contributed by atoms with E-state index in [9.17, 15) is 19.2 Å². The molecule has 0 N–H and O–H groups in total. The standard InChI is InChI=1S/C26H28N2O5/c1-3-33-23(29)16-21(17-7-5-4-6-8-17)18-11-13-28(14-12-18)24(30)19-9-10-20-22(15-19)26(32)27(2)25(20)31/h4-10,15,18,21H,3,11-14,16H2,1-2H3. The van der Waals surface area contributed by atoms with E-state index in [2.05, 4.69) is 0 Å². The van der Waals surface area contributed by atoms with Crippen molar-refractivity contribution in [2.45, 2.75) is 32.1 Å². The topological polar surface area (TPSA) is 84.0 Å². The van der Waals surface area contributed by atoms with Crippen molar-refractivity contribution in [3.05, 3.63) is 70.8 Å². The maximum atomic E-state index is 13.1. The second-order valence-corrected chi connectivity index (χ2v) is 8.59. The number of amides is 3. The van der Waals surface area contributed by atoms with Crippen LogP contribution >= 0.6 is 0 Å². The highest BCUT2D eigenvalue weighted by molar-refractivity contribution is 6.21. The van der Waals surface area contributed by atoms with Gasteiger partial charge >= 0.3 is 5.97 Å². The maximum absolute atomic E-state index is 13.1. The van der Waals surface area contributed by atoms with Crippen molar-refractivity contribution in [3.8, 4) is 0 Å². The van der Waals surface area contributed by atoms with E-state index < -0.39 is 0 Å². The van der Waals surface area contributed by atoms with Gasteiger partial charge in [-0.3, -0.25) is 24.1 Å². The lowest BCUT2D eigenvalue weighted by Crippen LogP contribution is -2.40. The average molecular weight is 449 g/mol. The van der Waals surface area contributed by atoms with E-state index >= 15 is 0 Å². The van der Waals surface area contributed by atoms with Crippen LogP contribution in [0.15, 0.2) is 48.5 Å². The van der Waals surface area contributed by atoms with Gasteiger partial charge in [0.05, 0.1) is 24.2 Å². The van der Waals surface area contributed by atoms with Crippen LogP contribution in [0.4, 0.5) is 0 Å². The summed E-state index contributed by atoms with van der Waals surface area (Å²) in [6, 6.07) is 14.7. The Balaban J connectivity index is 1.45. The first-order valence-electron chi connectivity index (χ1n) is 11.4. The van der Waals surface area contributed by atoms with Gasteiger partial charge in [0.2, 0.25) is 0 Å². The predicted molar refractivity (Wildman–Crippen MR) is 122 cm³/mol. The lowest BCUT2D eigenvalue weighted by molar-refractivity contribution is -0.144. The third-order valence-electron chi connectivity index (χ3n) is 6.65. The van der Waals surface area contributed by atoms with E-state index in [1.54, 1.807) is 24.0 Å². The average Bonchev–Trinajstić information content (AvgIpc) is 3.06. The second-order valence-electron chi connectivity index (χ2n) is 8.59. The van der Waals surface area contributed by atoms with Crippen molar-refractivity contribution < 1.29 is 23.9 Å². The molecule has 0 bridgehead atoms. The summed E-state index contributed by atoms with van der Waals surface area (Å²) >= 11 is 0. The van der Waals surface area contributed by atoms with Gasteiger partial charge in [-0.2, -0.15) is 0 Å². The molecule has 3 amide bonds. The molecular formula is C26H28N2O5. The SMILES string of the molecule is CCOC(=O)CC(c1ccccc1)C1CCN(C(=O)c2ccc3c(c2)C(=O)N(C)C3=O)CC1. The van der Waals surface area contributed by atoms with Gasteiger partial charge in [-0.15, -0.1) is 0 Å². The number of carbonyl (C=O) groups excluding carboxylic acids is 4. The van der Waals surface area contributed by atoms with Crippen LogP contribution in [0.2, 0.25) is 0 Å². The number of esters is 1. The monoisotopic (exact) mass is 448 g/mol. The highest BCUT2D eigenvalue weighted by Crippen LogP contribution is 2.36. The molecule has 1 saturated heterocycles. The lowest BCUT2D eigenvalue weighted by atomic mass is 9.78. The maximum Gasteiger partial charge on any atom is 0.306 e. The summed E-state index contributed by atoms with van der Waals surface area (Å²) in [6.07, 6.45) is 1.87. The number of rotatable bonds is 6. The van der Waals surface area contributed by atoms with Crippen molar-refractivity contribution in [1.82, 2.24) is 9.80 Å². The molecule has 0 radical (unpaired) electrons. The first-order chi connectivity index (χ1) is 15.9. The number of piperidine rings is 1. The zero-order valence-electron chi connectivity index (χ0n) is 19.0. The molecule has 1 atom stereocenters. The fourth-order valence-corrected chi connectivity index (χ4v) is 4.84. The minimum atomic E-state index is -0.381. The van der Waals surface area contributed by atoms with Crippen LogP contribution in [0, 0.1) is 5.92 Å². The third-order valence-corrected chi connectivity index (χ3v) is 6.65. The zero-order chi connectivity index (χ0) is 23.5. The van der Waals surface area contributed by atoms with Crippen LogP contribution in [0.25, 0.3) is 0 Å². The molecule has 2 aromatic rings. The number of hydrogen-bond donors (Lipinski definition) is 0. The fourth-order valence-electron chi connectivity index (χ4n) is 4.84. The van der Waals surface area contributed by atoms with Gasteiger partial charge in [0.25, 0.3) is 17.7 Å². The van der Waals surface area contributed by atoms with E-state index in [1.807, 2.05) is 30.3 Å². The number of likely N-dealkylation sites (tertiary alicyclic amines) is 1. The Labute approximate surface area is 193 Å². The number of nitrogens with zero attached hydrogens (tertiary/aromatic N) is 2. The van der Waals surface area contributed by atoms with Gasteiger partial charge in [-0.05, 0) is 55.4 Å². The molecule has 0 aromatic heterocycles. The second kappa shape index (κ2) is 9.57. The van der Waals surface area contributed by atoms with Gasteiger partial charge in [0.15, 0.2) is 0 Å². The highest BCUT2D eigenvalue weighted by atomic mass is 16.5. The van der Waals surface area contributed by atoms with Gasteiger partial charge in [-0.1, -0.05) is 30.3 Å². The first-order valence-corrected chi connectivity index (χ1v) is 11.4. The van der Waals surface area contributed by atoms with Crippen molar-refractivity contribution in [3.63, 3.8) is 0 Å². The Kier molecular flexibility index (Phi) is 6.58. The molecule has 2 aliphatic rings. The van der Waals surface area contributed by atoms with Gasteiger partial charge < -0.3 is 9.64 Å². The predicted octanol–water partition coefficient (Wildman–Crippen LogP) is 3.50. The summed E-state index contributed by atoms with van der Waals surface area (Å²) in [5.41, 5.74) is 2.14. The first kappa shape index (κ1) is 22.7. The smallest absolute Gasteiger partial charge is 0.306 e. The van der Waals surface area contributed by atoms with E-state index in [0.717, 1.165) is 23.3 Å². The Morgan fingerprint density at radius 1 is 1.00 bits per heavy atom. The quantitative estimate of drug-likeness (QED) is 0.499. The number of carbonyl (C=O) groups is 4. The molecule has 2 aromatic carbocycles. The summed E-state index contributed by atoms with van der Waals surface area (Å²) in [5, 5.41) is 0. The van der Waals surface area contributed by atoms with Gasteiger partial charge in [0, 0.05) is 25.7 Å². The van der Waals surface area contributed by atoms with Crippen LogP contribution in [-0.2, 0) is 9.53 Å². The molecule has 0 aliphatic carbocycles. The molecule has 0 saturated carbocycles. The third kappa shape index (κ3) is 4.53. The summed E-state index contributed by atoms with van der Waals surface area (Å²) in [4.78, 5) is 52.6. The number of imide groups is 1. The van der Waals surface area contributed by atoms with E-state index in [4.69, 9.17) is 4.74 Å². The Morgan fingerprint density at radius 3 is 2.33 bits per heavy atom.